The van der Waals surface area contributed by atoms with Crippen LogP contribution in [0.4, 0.5) is 0 Å². The molecule has 0 atom stereocenters. The first-order valence-corrected chi connectivity index (χ1v) is 13.9. The van der Waals surface area contributed by atoms with Gasteiger partial charge in [0.05, 0.1) is 31.2 Å². The van der Waals surface area contributed by atoms with Gasteiger partial charge in [0.2, 0.25) is 15.9 Å². The summed E-state index contributed by atoms with van der Waals surface area (Å²) in [5.41, 5.74) is 0.807. The lowest BCUT2D eigenvalue weighted by Gasteiger charge is -2.26. The Balaban J connectivity index is 1.57. The first kappa shape index (κ1) is 27.5. The molecule has 3 aromatic rings. The summed E-state index contributed by atoms with van der Waals surface area (Å²) in [6.45, 7) is 1.59. The predicted molar refractivity (Wildman–Crippen MR) is 144 cm³/mol. The molecule has 0 aliphatic carbocycles. The number of sulfonamides is 1. The van der Waals surface area contributed by atoms with E-state index in [0.717, 1.165) is 19.3 Å². The average molecular weight is 541 g/mol. The van der Waals surface area contributed by atoms with Crippen LogP contribution in [0.1, 0.15) is 30.7 Å². The van der Waals surface area contributed by atoms with Crippen LogP contribution in [0.2, 0.25) is 0 Å². The van der Waals surface area contributed by atoms with Crippen molar-refractivity contribution >= 4 is 32.9 Å². The number of nitrogens with one attached hydrogen (secondary N) is 1. The van der Waals surface area contributed by atoms with Gasteiger partial charge in [-0.1, -0.05) is 24.6 Å². The van der Waals surface area contributed by atoms with Crippen LogP contribution in [0, 0.1) is 0 Å². The van der Waals surface area contributed by atoms with Crippen molar-refractivity contribution in [3.63, 3.8) is 0 Å². The van der Waals surface area contributed by atoms with Gasteiger partial charge in [-0.15, -0.1) is 0 Å². The molecule has 2 heterocycles. The Morgan fingerprint density at radius 2 is 1.89 bits per heavy atom. The van der Waals surface area contributed by atoms with E-state index in [0.29, 0.717) is 35.4 Å². The number of carbonyl (C=O) groups is 1. The average Bonchev–Trinajstić information content (AvgIpc) is 2.94. The number of rotatable bonds is 10. The molecule has 38 heavy (non-hydrogen) atoms. The van der Waals surface area contributed by atoms with Gasteiger partial charge in [-0.25, -0.2) is 13.4 Å². The van der Waals surface area contributed by atoms with Gasteiger partial charge in [0, 0.05) is 32.8 Å². The molecule has 1 N–H and O–H groups in total. The van der Waals surface area contributed by atoms with Gasteiger partial charge >= 0.3 is 0 Å². The van der Waals surface area contributed by atoms with Gasteiger partial charge in [0.1, 0.15) is 16.5 Å². The fourth-order valence-electron chi connectivity index (χ4n) is 4.38. The lowest BCUT2D eigenvalue weighted by atomic mass is 10.2. The van der Waals surface area contributed by atoms with Crippen molar-refractivity contribution in [2.75, 3.05) is 40.5 Å². The maximum atomic E-state index is 13.3. The minimum Gasteiger partial charge on any atom is -0.495 e. The number of benzene rings is 2. The van der Waals surface area contributed by atoms with E-state index in [1.807, 2.05) is 0 Å². The van der Waals surface area contributed by atoms with Gasteiger partial charge in [-0.2, -0.15) is 4.31 Å². The quantitative estimate of drug-likeness (QED) is 0.393. The van der Waals surface area contributed by atoms with E-state index in [-0.39, 0.29) is 41.8 Å². The zero-order valence-electron chi connectivity index (χ0n) is 21.6. The number of aromatic amines is 1. The largest absolute Gasteiger partial charge is 0.495 e. The second kappa shape index (κ2) is 12.3. The molecule has 202 valence electrons. The second-order valence-corrected chi connectivity index (χ2v) is 10.9. The topological polar surface area (TPSA) is 122 Å². The van der Waals surface area contributed by atoms with E-state index in [2.05, 4.69) is 9.97 Å². The normalized spacial score (nSPS) is 14.7. The second-order valence-electron chi connectivity index (χ2n) is 8.99. The number of amides is 1. The maximum Gasteiger partial charge on any atom is 0.258 e. The molecule has 1 saturated heterocycles. The van der Waals surface area contributed by atoms with Crippen LogP contribution in [0.5, 0.6) is 5.75 Å². The molecule has 1 aliphatic rings. The van der Waals surface area contributed by atoms with E-state index in [1.165, 1.54) is 35.6 Å². The number of H-pyrrole nitrogens is 1. The summed E-state index contributed by atoms with van der Waals surface area (Å²) in [5, 5.41) is 0.473. The summed E-state index contributed by atoms with van der Waals surface area (Å²) in [4.78, 5) is 34.4. The SMILES string of the molecule is COCCN(Cc1nc2ccccc2c(=O)[nH]1)C(=O)/C=C/c1ccc(OC)c(S(=O)(=O)N2CCCCC2)c1. The minimum atomic E-state index is -3.74. The number of carbonyl (C=O) groups excluding carboxylic acids is 1. The van der Waals surface area contributed by atoms with Crippen LogP contribution < -0.4 is 10.3 Å². The monoisotopic (exact) mass is 540 g/mol. The standard InChI is InChI=1S/C27H32N4O6S/c1-36-17-16-30(19-25-28-22-9-5-4-8-21(22)27(33)29-25)26(32)13-11-20-10-12-23(37-2)24(18-20)38(34,35)31-14-6-3-7-15-31/h4-5,8-13,18H,3,6-7,14-17,19H2,1-2H3,(H,28,29,33)/b13-11+. The Labute approximate surface area is 221 Å². The first-order valence-electron chi connectivity index (χ1n) is 12.5. The van der Waals surface area contributed by atoms with Gasteiger partial charge < -0.3 is 19.4 Å². The van der Waals surface area contributed by atoms with Crippen molar-refractivity contribution in [2.24, 2.45) is 0 Å². The number of ether oxygens (including phenoxy) is 2. The summed E-state index contributed by atoms with van der Waals surface area (Å²) >= 11 is 0. The van der Waals surface area contributed by atoms with Gasteiger partial charge in [0.15, 0.2) is 0 Å². The van der Waals surface area contributed by atoms with E-state index in [1.54, 1.807) is 42.5 Å². The lowest BCUT2D eigenvalue weighted by molar-refractivity contribution is -0.127. The molecule has 11 heteroatoms. The Morgan fingerprint density at radius 3 is 2.63 bits per heavy atom. The number of hydrogen-bond acceptors (Lipinski definition) is 7. The van der Waals surface area contributed by atoms with Crippen molar-refractivity contribution in [3.8, 4) is 5.75 Å². The predicted octanol–water partition coefficient (Wildman–Crippen LogP) is 2.79. The van der Waals surface area contributed by atoms with Crippen molar-refractivity contribution in [3.05, 3.63) is 70.3 Å². The summed E-state index contributed by atoms with van der Waals surface area (Å²) in [6, 6.07) is 11.8. The van der Waals surface area contributed by atoms with E-state index in [9.17, 15) is 18.0 Å². The third kappa shape index (κ3) is 6.29. The van der Waals surface area contributed by atoms with Gasteiger partial charge in [-0.3, -0.25) is 9.59 Å². The highest BCUT2D eigenvalue weighted by molar-refractivity contribution is 7.89. The molecule has 0 saturated carbocycles. The molecule has 0 radical (unpaired) electrons. The van der Waals surface area contributed by atoms with Crippen LogP contribution in [-0.2, 0) is 26.1 Å². The number of piperidine rings is 1. The van der Waals surface area contributed by atoms with Gasteiger partial charge in [0.25, 0.3) is 5.56 Å². The molecular weight excluding hydrogens is 508 g/mol. The lowest BCUT2D eigenvalue weighted by Crippen LogP contribution is -2.35. The third-order valence-electron chi connectivity index (χ3n) is 6.42. The Bertz CT molecular complexity index is 1480. The molecule has 4 rings (SSSR count). The number of aromatic nitrogens is 2. The van der Waals surface area contributed by atoms with E-state index < -0.39 is 10.0 Å². The van der Waals surface area contributed by atoms with Crippen LogP contribution in [0.15, 0.2) is 58.2 Å². The number of methoxy groups -OCH3 is 2. The highest BCUT2D eigenvalue weighted by Crippen LogP contribution is 2.30. The zero-order valence-corrected chi connectivity index (χ0v) is 22.4. The summed E-state index contributed by atoms with van der Waals surface area (Å²) in [5.74, 6) is 0.270. The van der Waals surface area contributed by atoms with Crippen LogP contribution >= 0.6 is 0 Å². The van der Waals surface area contributed by atoms with Crippen molar-refractivity contribution in [2.45, 2.75) is 30.7 Å². The molecule has 1 aromatic heterocycles. The molecule has 0 spiro atoms. The smallest absolute Gasteiger partial charge is 0.258 e. The van der Waals surface area contributed by atoms with Crippen LogP contribution in [-0.4, -0.2) is 74.0 Å². The van der Waals surface area contributed by atoms with E-state index >= 15 is 0 Å². The Hall–Kier alpha value is -3.54. The van der Waals surface area contributed by atoms with Crippen LogP contribution in [0.3, 0.4) is 0 Å². The summed E-state index contributed by atoms with van der Waals surface area (Å²) < 4.78 is 38.6. The highest BCUT2D eigenvalue weighted by Gasteiger charge is 2.29. The zero-order chi connectivity index (χ0) is 27.1. The number of hydrogen-bond donors (Lipinski definition) is 1. The van der Waals surface area contributed by atoms with Crippen molar-refractivity contribution in [1.29, 1.82) is 0 Å². The molecule has 10 nitrogen and oxygen atoms in total. The molecule has 0 bridgehead atoms. The fraction of sp³-hybridized carbons (Fsp3) is 0.370. The molecular formula is C27H32N4O6S. The van der Waals surface area contributed by atoms with Crippen molar-refractivity contribution < 1.29 is 22.7 Å². The summed E-state index contributed by atoms with van der Waals surface area (Å²) in [7, 11) is -0.765. The highest BCUT2D eigenvalue weighted by atomic mass is 32.2. The fourth-order valence-corrected chi connectivity index (χ4v) is 6.08. The molecule has 0 unspecified atom stereocenters. The van der Waals surface area contributed by atoms with Crippen molar-refractivity contribution in [1.82, 2.24) is 19.2 Å². The number of para-hydroxylation sites is 1. The Kier molecular flexibility index (Phi) is 8.93. The molecule has 2 aromatic carbocycles. The number of fused-ring (bicyclic) bond motifs is 1. The Morgan fingerprint density at radius 1 is 1.13 bits per heavy atom. The summed E-state index contributed by atoms with van der Waals surface area (Å²) in [6.07, 6.45) is 5.59. The maximum absolute atomic E-state index is 13.3. The van der Waals surface area contributed by atoms with E-state index in [4.69, 9.17) is 9.47 Å². The van der Waals surface area contributed by atoms with Gasteiger partial charge in [-0.05, 0) is 48.7 Å². The molecule has 1 amide bonds. The van der Waals surface area contributed by atoms with Crippen LogP contribution in [0.25, 0.3) is 17.0 Å². The first-order chi connectivity index (χ1) is 18.3. The molecule has 1 fully saturated rings. The number of nitrogens with zero attached hydrogens (tertiary/aromatic N) is 3. The molecule has 1 aliphatic heterocycles. The minimum absolute atomic E-state index is 0.0732. The third-order valence-corrected chi connectivity index (χ3v) is 8.34.